The Bertz CT molecular complexity index is 445. The molecule has 2 N–H and O–H groups in total. The molecule has 0 fully saturated rings. The van der Waals surface area contributed by atoms with Crippen molar-refractivity contribution in [1.29, 1.82) is 0 Å². The molecule has 0 saturated carbocycles. The number of hydrogen-bond donors (Lipinski definition) is 2. The van der Waals surface area contributed by atoms with Gasteiger partial charge in [-0.05, 0) is 64.2 Å². The van der Waals surface area contributed by atoms with E-state index in [1.165, 1.54) is 103 Å². The van der Waals surface area contributed by atoms with E-state index in [9.17, 15) is 9.59 Å². The molecular formula is C30H56O4Zn. The average molecular weight is 546 g/mol. The molecule has 0 aliphatic carbocycles. The van der Waals surface area contributed by atoms with E-state index in [0.717, 1.165) is 25.7 Å². The minimum atomic E-state index is -0.667. The molecule has 0 amide bonds. The van der Waals surface area contributed by atoms with Crippen LogP contribution in [-0.2, 0) is 29.1 Å². The first-order valence-corrected chi connectivity index (χ1v) is 14.3. The summed E-state index contributed by atoms with van der Waals surface area (Å²) in [6.07, 6.45) is 33.7. The zero-order chi connectivity index (χ0) is 25.5. The van der Waals surface area contributed by atoms with Gasteiger partial charge in [0.25, 0.3) is 0 Å². The summed E-state index contributed by atoms with van der Waals surface area (Å²) in [5.74, 6) is -1.33. The predicted octanol–water partition coefficient (Wildman–Crippen LogP) is 9.87. The molecule has 5 heteroatoms. The normalized spacial score (nSPS) is 10.8. The Morgan fingerprint density at radius 2 is 0.714 bits per heavy atom. The Morgan fingerprint density at radius 3 is 1.00 bits per heavy atom. The minimum Gasteiger partial charge on any atom is -0.481 e. The monoisotopic (exact) mass is 544 g/mol. The van der Waals surface area contributed by atoms with Crippen LogP contribution in [0.5, 0.6) is 0 Å². The Morgan fingerprint density at radius 1 is 0.457 bits per heavy atom. The largest absolute Gasteiger partial charge is 0.481 e. The van der Waals surface area contributed by atoms with Crippen LogP contribution in [0.4, 0.5) is 0 Å². The van der Waals surface area contributed by atoms with Gasteiger partial charge in [0.2, 0.25) is 0 Å². The zero-order valence-electron chi connectivity index (χ0n) is 23.3. The smallest absolute Gasteiger partial charge is 0.303 e. The van der Waals surface area contributed by atoms with E-state index in [1.807, 2.05) is 0 Å². The second kappa shape index (κ2) is 35.2. The van der Waals surface area contributed by atoms with Crippen molar-refractivity contribution in [2.45, 2.75) is 155 Å². The van der Waals surface area contributed by atoms with Crippen LogP contribution in [0, 0.1) is 0 Å². The molecule has 0 aromatic heterocycles. The summed E-state index contributed by atoms with van der Waals surface area (Å²) in [4.78, 5) is 20.5. The summed E-state index contributed by atoms with van der Waals surface area (Å²) < 4.78 is 0. The van der Waals surface area contributed by atoms with Crippen LogP contribution in [0.1, 0.15) is 155 Å². The fourth-order valence-electron chi connectivity index (χ4n) is 3.63. The van der Waals surface area contributed by atoms with Crippen molar-refractivity contribution in [3.8, 4) is 0 Å². The van der Waals surface area contributed by atoms with Crippen LogP contribution in [0.2, 0.25) is 0 Å². The van der Waals surface area contributed by atoms with Crippen molar-refractivity contribution < 1.29 is 39.3 Å². The molecule has 4 nitrogen and oxygen atoms in total. The third-order valence-corrected chi connectivity index (χ3v) is 5.80. The van der Waals surface area contributed by atoms with Crippen LogP contribution < -0.4 is 0 Å². The Labute approximate surface area is 230 Å². The van der Waals surface area contributed by atoms with Crippen LogP contribution >= 0.6 is 0 Å². The van der Waals surface area contributed by atoms with Crippen LogP contribution in [0.25, 0.3) is 0 Å². The molecule has 0 spiro atoms. The zero-order valence-corrected chi connectivity index (χ0v) is 26.3. The molecule has 0 aliphatic heterocycles. The first-order valence-electron chi connectivity index (χ1n) is 14.3. The maximum absolute atomic E-state index is 10.3. The SMILES string of the molecule is CCCCCC=CCCCCCCCC(=O)O.CCCCCC=CCCCCCCCC(=O)O.[Zn]. The number of hydrogen-bond acceptors (Lipinski definition) is 2. The summed E-state index contributed by atoms with van der Waals surface area (Å²) in [7, 11) is 0. The van der Waals surface area contributed by atoms with Gasteiger partial charge in [-0.3, -0.25) is 9.59 Å². The van der Waals surface area contributed by atoms with Gasteiger partial charge in [-0.1, -0.05) is 102 Å². The Kier molecular flexibility index (Phi) is 38.8. The number of allylic oxidation sites excluding steroid dienone is 4. The predicted molar refractivity (Wildman–Crippen MR) is 146 cm³/mol. The standard InChI is InChI=1S/2C15H28O2.Zn/c2*1-2-3-4-5-6-7-8-9-10-11-12-13-14-15(16)17;/h2*6-7H,2-5,8-14H2,1H3,(H,16,17);. The second-order valence-corrected chi connectivity index (χ2v) is 9.33. The molecule has 0 unspecified atom stereocenters. The van der Waals surface area contributed by atoms with Gasteiger partial charge in [-0.2, -0.15) is 0 Å². The maximum Gasteiger partial charge on any atom is 0.303 e. The van der Waals surface area contributed by atoms with E-state index in [0.29, 0.717) is 12.8 Å². The third-order valence-electron chi connectivity index (χ3n) is 5.80. The molecule has 0 aromatic rings. The summed E-state index contributed by atoms with van der Waals surface area (Å²) >= 11 is 0. The van der Waals surface area contributed by atoms with E-state index < -0.39 is 11.9 Å². The van der Waals surface area contributed by atoms with Crippen molar-refractivity contribution in [2.75, 3.05) is 0 Å². The molecule has 0 heterocycles. The van der Waals surface area contributed by atoms with Gasteiger partial charge in [-0.25, -0.2) is 0 Å². The summed E-state index contributed by atoms with van der Waals surface area (Å²) in [6.45, 7) is 4.46. The molecular weight excluding hydrogens is 490 g/mol. The van der Waals surface area contributed by atoms with Crippen molar-refractivity contribution in [3.05, 3.63) is 24.3 Å². The third kappa shape index (κ3) is 43.5. The Balaban J connectivity index is -0.000000569. The molecule has 0 radical (unpaired) electrons. The van der Waals surface area contributed by atoms with Gasteiger partial charge in [0, 0.05) is 32.3 Å². The number of aliphatic carboxylic acids is 2. The van der Waals surface area contributed by atoms with E-state index >= 15 is 0 Å². The average Bonchev–Trinajstić information content (AvgIpc) is 2.80. The van der Waals surface area contributed by atoms with Crippen molar-refractivity contribution in [1.82, 2.24) is 0 Å². The first-order chi connectivity index (χ1) is 16.5. The van der Waals surface area contributed by atoms with Crippen molar-refractivity contribution in [2.24, 2.45) is 0 Å². The van der Waals surface area contributed by atoms with Gasteiger partial charge in [0.1, 0.15) is 0 Å². The number of carbonyl (C=O) groups is 2. The van der Waals surface area contributed by atoms with E-state index in [4.69, 9.17) is 10.2 Å². The van der Waals surface area contributed by atoms with E-state index in [1.54, 1.807) is 0 Å². The quantitative estimate of drug-likeness (QED) is 0.0718. The molecule has 0 aliphatic rings. The molecule has 35 heavy (non-hydrogen) atoms. The number of rotatable bonds is 24. The van der Waals surface area contributed by atoms with Crippen LogP contribution in [0.3, 0.4) is 0 Å². The van der Waals surface area contributed by atoms with Gasteiger partial charge < -0.3 is 10.2 Å². The minimum absolute atomic E-state index is 0. The Hall–Kier alpha value is -0.957. The van der Waals surface area contributed by atoms with Crippen molar-refractivity contribution >= 4 is 11.9 Å². The van der Waals surface area contributed by atoms with Crippen LogP contribution in [0.15, 0.2) is 24.3 Å². The first kappa shape index (κ1) is 38.6. The summed E-state index contributed by atoms with van der Waals surface area (Å²) in [5, 5.41) is 16.9. The summed E-state index contributed by atoms with van der Waals surface area (Å²) in [6, 6.07) is 0. The second-order valence-electron chi connectivity index (χ2n) is 9.33. The topological polar surface area (TPSA) is 74.6 Å². The van der Waals surface area contributed by atoms with Crippen LogP contribution in [-0.4, -0.2) is 22.2 Å². The number of carboxylic acid groups (broad SMARTS) is 2. The molecule has 0 bridgehead atoms. The number of carboxylic acids is 2. The molecule has 0 aromatic carbocycles. The van der Waals surface area contributed by atoms with E-state index in [-0.39, 0.29) is 19.5 Å². The van der Waals surface area contributed by atoms with Crippen molar-refractivity contribution in [3.63, 3.8) is 0 Å². The summed E-state index contributed by atoms with van der Waals surface area (Å²) in [5.41, 5.74) is 0. The van der Waals surface area contributed by atoms with Gasteiger partial charge in [-0.15, -0.1) is 0 Å². The van der Waals surface area contributed by atoms with E-state index in [2.05, 4.69) is 38.2 Å². The maximum atomic E-state index is 10.3. The van der Waals surface area contributed by atoms with Gasteiger partial charge in [0.05, 0.1) is 0 Å². The fourth-order valence-corrected chi connectivity index (χ4v) is 3.63. The molecule has 0 saturated heterocycles. The van der Waals surface area contributed by atoms with Gasteiger partial charge in [0.15, 0.2) is 0 Å². The molecule has 202 valence electrons. The number of unbranched alkanes of at least 4 members (excludes halogenated alkanes) is 16. The molecule has 0 atom stereocenters. The van der Waals surface area contributed by atoms with Gasteiger partial charge >= 0.3 is 11.9 Å². The fraction of sp³-hybridized carbons (Fsp3) is 0.800. The molecule has 0 rings (SSSR count).